The van der Waals surface area contributed by atoms with Gasteiger partial charge < -0.3 is 13.9 Å². The van der Waals surface area contributed by atoms with Gasteiger partial charge in [0.15, 0.2) is 5.92 Å². The van der Waals surface area contributed by atoms with E-state index in [1.807, 2.05) is 60.7 Å². The van der Waals surface area contributed by atoms with Crippen LogP contribution in [-0.2, 0) is 25.5 Å². The van der Waals surface area contributed by atoms with Gasteiger partial charge in [0.25, 0.3) is 0 Å². The largest absolute Gasteiger partial charge is 0.465 e. The number of hydrogen-bond acceptors (Lipinski definition) is 5. The molecule has 6 heteroatoms. The fraction of sp³-hybridized carbons (Fsp3) is 0.280. The average molecular weight is 532 g/mol. The minimum Gasteiger partial charge on any atom is -0.465 e. The van der Waals surface area contributed by atoms with Crippen molar-refractivity contribution in [3.05, 3.63) is 70.0 Å². The standard InChI is InChI=1S/C25H25IO5/c1-3-29-24(27)19(25(28)30-4-2)15-16-20-22(26)21(17-11-7-5-8-12-17)23(31-20)18-13-9-6-10-14-18/h5-14,19H,3-4,15-16H2,1-2H3. The van der Waals surface area contributed by atoms with E-state index in [2.05, 4.69) is 22.6 Å². The molecule has 0 bridgehead atoms. The first-order chi connectivity index (χ1) is 15.1. The van der Waals surface area contributed by atoms with Gasteiger partial charge in [0.1, 0.15) is 11.5 Å². The van der Waals surface area contributed by atoms with Gasteiger partial charge >= 0.3 is 11.9 Å². The number of esters is 2. The Hall–Kier alpha value is -2.61. The lowest BCUT2D eigenvalue weighted by Crippen LogP contribution is -2.28. The van der Waals surface area contributed by atoms with Crippen molar-refractivity contribution in [2.45, 2.75) is 26.7 Å². The van der Waals surface area contributed by atoms with Gasteiger partial charge in [0.2, 0.25) is 0 Å². The fourth-order valence-corrected chi connectivity index (χ4v) is 4.30. The molecule has 0 spiro atoms. The number of carbonyl (C=O) groups excluding carboxylic acids is 2. The zero-order valence-electron chi connectivity index (χ0n) is 17.6. The van der Waals surface area contributed by atoms with Gasteiger partial charge in [-0.15, -0.1) is 0 Å². The molecule has 3 aromatic rings. The lowest BCUT2D eigenvalue weighted by atomic mass is 10.00. The van der Waals surface area contributed by atoms with Crippen molar-refractivity contribution in [1.29, 1.82) is 0 Å². The number of halogens is 1. The molecule has 5 nitrogen and oxygen atoms in total. The Morgan fingerprint density at radius 2 is 1.39 bits per heavy atom. The maximum atomic E-state index is 12.3. The Labute approximate surface area is 195 Å². The van der Waals surface area contributed by atoms with Gasteiger partial charge in [-0.05, 0) is 48.4 Å². The van der Waals surface area contributed by atoms with Crippen LogP contribution in [0.4, 0.5) is 0 Å². The number of aryl methyl sites for hydroxylation is 1. The molecule has 2 aromatic carbocycles. The first-order valence-electron chi connectivity index (χ1n) is 10.3. The summed E-state index contributed by atoms with van der Waals surface area (Å²) >= 11 is 2.28. The topological polar surface area (TPSA) is 65.7 Å². The highest BCUT2D eigenvalue weighted by Crippen LogP contribution is 2.40. The van der Waals surface area contributed by atoms with Crippen molar-refractivity contribution in [3.8, 4) is 22.5 Å². The molecule has 0 radical (unpaired) electrons. The molecule has 0 fully saturated rings. The van der Waals surface area contributed by atoms with Crippen molar-refractivity contribution in [2.24, 2.45) is 5.92 Å². The number of rotatable bonds is 9. The summed E-state index contributed by atoms with van der Waals surface area (Å²) in [5.41, 5.74) is 3.03. The Morgan fingerprint density at radius 1 is 0.871 bits per heavy atom. The molecule has 0 saturated carbocycles. The van der Waals surface area contributed by atoms with Crippen LogP contribution in [0.1, 0.15) is 26.0 Å². The first-order valence-corrected chi connectivity index (χ1v) is 11.4. The summed E-state index contributed by atoms with van der Waals surface area (Å²) < 4.78 is 17.4. The van der Waals surface area contributed by atoms with Crippen molar-refractivity contribution in [3.63, 3.8) is 0 Å². The Morgan fingerprint density at radius 3 is 1.90 bits per heavy atom. The van der Waals surface area contributed by atoms with E-state index < -0.39 is 17.9 Å². The second kappa shape index (κ2) is 11.1. The molecule has 1 aromatic heterocycles. The summed E-state index contributed by atoms with van der Waals surface area (Å²) in [6.45, 7) is 3.86. The second-order valence-electron chi connectivity index (χ2n) is 6.87. The quantitative estimate of drug-likeness (QED) is 0.195. The predicted octanol–water partition coefficient (Wildman–Crippen LogP) is 5.89. The summed E-state index contributed by atoms with van der Waals surface area (Å²) in [6, 6.07) is 20.0. The van der Waals surface area contributed by atoms with Crippen LogP contribution in [0, 0.1) is 9.49 Å². The minimum atomic E-state index is -0.971. The minimum absolute atomic E-state index is 0.212. The van der Waals surface area contributed by atoms with Crippen LogP contribution < -0.4 is 0 Å². The molecular weight excluding hydrogens is 507 g/mol. The summed E-state index contributed by atoms with van der Waals surface area (Å²) in [5.74, 6) is -0.587. The van der Waals surface area contributed by atoms with E-state index in [0.29, 0.717) is 6.42 Å². The Balaban J connectivity index is 1.95. The van der Waals surface area contributed by atoms with Crippen LogP contribution >= 0.6 is 22.6 Å². The van der Waals surface area contributed by atoms with Crippen LogP contribution in [0.25, 0.3) is 22.5 Å². The summed E-state index contributed by atoms with van der Waals surface area (Å²) in [5, 5.41) is 0. The number of carbonyl (C=O) groups is 2. The van der Waals surface area contributed by atoms with Gasteiger partial charge in [-0.3, -0.25) is 9.59 Å². The molecule has 3 rings (SSSR count). The van der Waals surface area contributed by atoms with Gasteiger partial charge in [0.05, 0.1) is 16.8 Å². The van der Waals surface area contributed by atoms with E-state index in [0.717, 1.165) is 31.8 Å². The maximum absolute atomic E-state index is 12.3. The number of hydrogen-bond donors (Lipinski definition) is 0. The zero-order valence-corrected chi connectivity index (χ0v) is 19.8. The van der Waals surface area contributed by atoms with Crippen LogP contribution in [0.2, 0.25) is 0 Å². The molecule has 0 aliphatic rings. The number of ether oxygens (including phenoxy) is 2. The predicted molar refractivity (Wildman–Crippen MR) is 127 cm³/mol. The zero-order chi connectivity index (χ0) is 22.2. The summed E-state index contributed by atoms with van der Waals surface area (Å²) in [4.78, 5) is 24.7. The molecule has 162 valence electrons. The molecule has 31 heavy (non-hydrogen) atoms. The summed E-state index contributed by atoms with van der Waals surface area (Å²) in [7, 11) is 0. The van der Waals surface area contributed by atoms with E-state index in [1.54, 1.807) is 13.8 Å². The first kappa shape index (κ1) is 23.1. The maximum Gasteiger partial charge on any atom is 0.320 e. The Kier molecular flexibility index (Phi) is 8.28. The molecule has 0 amide bonds. The third kappa shape index (κ3) is 5.55. The van der Waals surface area contributed by atoms with E-state index in [1.165, 1.54) is 0 Å². The van der Waals surface area contributed by atoms with E-state index in [4.69, 9.17) is 13.9 Å². The molecule has 0 saturated heterocycles. The normalized spacial score (nSPS) is 10.8. The molecule has 0 unspecified atom stereocenters. The highest BCUT2D eigenvalue weighted by Gasteiger charge is 2.31. The highest BCUT2D eigenvalue weighted by atomic mass is 127. The van der Waals surface area contributed by atoms with Crippen LogP contribution in [0.5, 0.6) is 0 Å². The van der Waals surface area contributed by atoms with E-state index in [9.17, 15) is 9.59 Å². The molecule has 0 N–H and O–H groups in total. The summed E-state index contributed by atoms with van der Waals surface area (Å²) in [6.07, 6.45) is 0.664. The van der Waals surface area contributed by atoms with Crippen molar-refractivity contribution >= 4 is 34.5 Å². The number of furan rings is 1. The van der Waals surface area contributed by atoms with Crippen molar-refractivity contribution in [1.82, 2.24) is 0 Å². The molecule has 1 heterocycles. The van der Waals surface area contributed by atoms with Gasteiger partial charge in [-0.1, -0.05) is 60.7 Å². The van der Waals surface area contributed by atoms with Crippen molar-refractivity contribution in [2.75, 3.05) is 13.2 Å². The highest BCUT2D eigenvalue weighted by molar-refractivity contribution is 14.1. The second-order valence-corrected chi connectivity index (χ2v) is 7.95. The lowest BCUT2D eigenvalue weighted by molar-refractivity contribution is -0.161. The fourth-order valence-electron chi connectivity index (χ4n) is 3.37. The Bertz CT molecular complexity index is 993. The average Bonchev–Trinajstić information content (AvgIpc) is 3.12. The molecule has 0 atom stereocenters. The van der Waals surface area contributed by atoms with E-state index >= 15 is 0 Å². The third-order valence-corrected chi connectivity index (χ3v) is 5.96. The molecule has 0 aliphatic heterocycles. The molecule has 0 aliphatic carbocycles. The van der Waals surface area contributed by atoms with Gasteiger partial charge in [-0.25, -0.2) is 0 Å². The van der Waals surface area contributed by atoms with Crippen molar-refractivity contribution < 1.29 is 23.5 Å². The number of benzene rings is 2. The third-order valence-electron chi connectivity index (χ3n) is 4.82. The monoisotopic (exact) mass is 532 g/mol. The van der Waals surface area contributed by atoms with Gasteiger partial charge in [-0.2, -0.15) is 0 Å². The molecular formula is C25H25IO5. The lowest BCUT2D eigenvalue weighted by Gasteiger charge is -2.13. The van der Waals surface area contributed by atoms with Crippen LogP contribution in [-0.4, -0.2) is 25.2 Å². The van der Waals surface area contributed by atoms with E-state index in [-0.39, 0.29) is 19.6 Å². The SMILES string of the molecule is CCOC(=O)C(CCc1oc(-c2ccccc2)c(-c2ccccc2)c1I)C(=O)OCC. The smallest absolute Gasteiger partial charge is 0.320 e. The van der Waals surface area contributed by atoms with Gasteiger partial charge in [0, 0.05) is 17.5 Å². The van der Waals surface area contributed by atoms with Crippen LogP contribution in [0.3, 0.4) is 0 Å². The van der Waals surface area contributed by atoms with Crippen LogP contribution in [0.15, 0.2) is 65.1 Å².